The second-order valence-corrected chi connectivity index (χ2v) is 3.68. The van der Waals surface area contributed by atoms with E-state index in [1.54, 1.807) is 0 Å². The van der Waals surface area contributed by atoms with Gasteiger partial charge in [0, 0.05) is 0 Å². The van der Waals surface area contributed by atoms with Gasteiger partial charge in [0.2, 0.25) is 0 Å². The number of nitrogens with zero attached hydrogens (tertiary/aromatic N) is 1. The summed E-state index contributed by atoms with van der Waals surface area (Å²) in [5.41, 5.74) is -2.42. The molecule has 0 amide bonds. The topological polar surface area (TPSA) is 12.9 Å². The molecule has 8 heteroatoms. The lowest BCUT2D eigenvalue weighted by Crippen LogP contribution is -2.09. The highest BCUT2D eigenvalue weighted by atomic mass is 79.9. The Kier molecular flexibility index (Phi) is 3.55. The Hall–Kier alpha value is -0.430. The Labute approximate surface area is 94.4 Å². The number of halogens is 7. The molecule has 0 fully saturated rings. The van der Waals surface area contributed by atoms with Crippen molar-refractivity contribution in [3.8, 4) is 0 Å². The highest BCUT2D eigenvalue weighted by Crippen LogP contribution is 2.39. The van der Waals surface area contributed by atoms with Crippen molar-refractivity contribution in [3.63, 3.8) is 0 Å². The van der Waals surface area contributed by atoms with E-state index >= 15 is 0 Å². The smallest absolute Gasteiger partial charge is 0.238 e. The normalized spacial score (nSPS) is 12.3. The van der Waals surface area contributed by atoms with Crippen LogP contribution in [0.4, 0.5) is 22.0 Å². The maximum absolute atomic E-state index is 12.3. The summed E-state index contributed by atoms with van der Waals surface area (Å²) in [4.78, 5) is 3.18. The van der Waals surface area contributed by atoms with E-state index in [9.17, 15) is 22.0 Å². The molecule has 0 saturated heterocycles. The Morgan fingerprint density at radius 2 is 1.87 bits per heavy atom. The second kappa shape index (κ2) is 4.21. The fourth-order valence-electron chi connectivity index (χ4n) is 0.868. The maximum atomic E-state index is 12.3. The summed E-state index contributed by atoms with van der Waals surface area (Å²) in [5, 5.41) is -1.07. The Bertz CT molecular complexity index is 378. The molecule has 0 aliphatic rings. The predicted octanol–water partition coefficient (Wildman–Crippen LogP) is 4.45. The summed E-state index contributed by atoms with van der Waals surface area (Å²) >= 11 is 7.78. The summed E-state index contributed by atoms with van der Waals surface area (Å²) < 4.78 is 61.0. The van der Waals surface area contributed by atoms with Crippen molar-refractivity contribution in [2.24, 2.45) is 0 Å². The molecule has 0 unspecified atom stereocenters. The molecule has 1 rings (SSSR count). The van der Waals surface area contributed by atoms with Crippen molar-refractivity contribution in [1.29, 1.82) is 0 Å². The fourth-order valence-corrected chi connectivity index (χ4v) is 1.57. The van der Waals surface area contributed by atoms with Crippen molar-refractivity contribution < 1.29 is 22.0 Å². The molecule has 0 saturated carbocycles. The summed E-state index contributed by atoms with van der Waals surface area (Å²) in [7, 11) is 0. The molecule has 0 atom stereocenters. The first kappa shape index (κ1) is 12.6. The largest absolute Gasteiger partial charge is 0.418 e. The summed E-state index contributed by atoms with van der Waals surface area (Å²) in [5.74, 6) is 0. The lowest BCUT2D eigenvalue weighted by molar-refractivity contribution is -0.137. The molecule has 0 radical (unpaired) electrons. The SMILES string of the molecule is FC(F)c1nc(Br)cc(C(F)(F)F)c1Cl. The molecule has 0 aromatic carbocycles. The zero-order chi connectivity index (χ0) is 11.8. The van der Waals surface area contributed by atoms with E-state index in [0.29, 0.717) is 6.07 Å². The minimum atomic E-state index is -4.79. The summed E-state index contributed by atoms with van der Waals surface area (Å²) in [6, 6.07) is 0.550. The van der Waals surface area contributed by atoms with Crippen molar-refractivity contribution in [3.05, 3.63) is 26.9 Å². The third-order valence-electron chi connectivity index (χ3n) is 1.46. The predicted molar refractivity (Wildman–Crippen MR) is 46.9 cm³/mol. The zero-order valence-electron chi connectivity index (χ0n) is 6.75. The van der Waals surface area contributed by atoms with E-state index in [0.717, 1.165) is 0 Å². The molecule has 0 aliphatic carbocycles. The van der Waals surface area contributed by atoms with Crippen LogP contribution < -0.4 is 0 Å². The lowest BCUT2D eigenvalue weighted by atomic mass is 10.2. The molecule has 1 aromatic heterocycles. The number of aromatic nitrogens is 1. The fraction of sp³-hybridized carbons (Fsp3) is 0.286. The van der Waals surface area contributed by atoms with Gasteiger partial charge in [-0.05, 0) is 22.0 Å². The number of hydrogen-bond donors (Lipinski definition) is 0. The molecule has 84 valence electrons. The average molecular weight is 310 g/mol. The van der Waals surface area contributed by atoms with Crippen molar-refractivity contribution in [1.82, 2.24) is 4.98 Å². The highest BCUT2D eigenvalue weighted by Gasteiger charge is 2.36. The Morgan fingerprint density at radius 3 is 2.27 bits per heavy atom. The molecule has 1 heterocycles. The number of hydrogen-bond acceptors (Lipinski definition) is 1. The van der Waals surface area contributed by atoms with Gasteiger partial charge in [-0.25, -0.2) is 13.8 Å². The van der Waals surface area contributed by atoms with Crippen LogP contribution in [-0.2, 0) is 6.18 Å². The van der Waals surface area contributed by atoms with Gasteiger partial charge in [-0.2, -0.15) is 13.2 Å². The maximum Gasteiger partial charge on any atom is 0.418 e. The molecule has 0 aliphatic heterocycles. The standard InChI is InChI=1S/C7H2BrClF5N/c8-3-1-2(7(12,13)14)4(9)5(15-3)6(10)11/h1,6H. The number of rotatable bonds is 1. The van der Waals surface area contributed by atoms with E-state index in [1.165, 1.54) is 0 Å². The number of alkyl halides is 5. The van der Waals surface area contributed by atoms with Crippen LogP contribution >= 0.6 is 27.5 Å². The van der Waals surface area contributed by atoms with Crippen molar-refractivity contribution >= 4 is 27.5 Å². The van der Waals surface area contributed by atoms with Crippen LogP contribution in [0.3, 0.4) is 0 Å². The van der Waals surface area contributed by atoms with E-state index in [-0.39, 0.29) is 4.60 Å². The van der Waals surface area contributed by atoms with Gasteiger partial charge in [0.05, 0.1) is 10.6 Å². The molecule has 15 heavy (non-hydrogen) atoms. The molecular weight excluding hydrogens is 308 g/mol. The minimum absolute atomic E-state index is 0.338. The Morgan fingerprint density at radius 1 is 1.33 bits per heavy atom. The van der Waals surface area contributed by atoms with Crippen molar-refractivity contribution in [2.75, 3.05) is 0 Å². The quantitative estimate of drug-likeness (QED) is 0.551. The molecule has 0 bridgehead atoms. The van der Waals surface area contributed by atoms with E-state index in [4.69, 9.17) is 11.6 Å². The monoisotopic (exact) mass is 309 g/mol. The van der Waals surface area contributed by atoms with Gasteiger partial charge in [-0.15, -0.1) is 0 Å². The minimum Gasteiger partial charge on any atom is -0.238 e. The van der Waals surface area contributed by atoms with Gasteiger partial charge in [-0.3, -0.25) is 0 Å². The van der Waals surface area contributed by atoms with E-state index in [1.807, 2.05) is 0 Å². The van der Waals surface area contributed by atoms with Gasteiger partial charge in [0.15, 0.2) is 0 Å². The van der Waals surface area contributed by atoms with Gasteiger partial charge in [-0.1, -0.05) is 11.6 Å². The molecular formula is C7H2BrClF5N. The van der Waals surface area contributed by atoms with Gasteiger partial charge < -0.3 is 0 Å². The molecule has 0 N–H and O–H groups in total. The van der Waals surface area contributed by atoms with Crippen LogP contribution in [0.5, 0.6) is 0 Å². The third kappa shape index (κ3) is 2.78. The van der Waals surface area contributed by atoms with Crippen LogP contribution in [0.25, 0.3) is 0 Å². The van der Waals surface area contributed by atoms with E-state index < -0.39 is 28.9 Å². The van der Waals surface area contributed by atoms with Gasteiger partial charge in [0.1, 0.15) is 10.3 Å². The third-order valence-corrected chi connectivity index (χ3v) is 2.27. The van der Waals surface area contributed by atoms with Gasteiger partial charge in [0.25, 0.3) is 6.43 Å². The van der Waals surface area contributed by atoms with Gasteiger partial charge >= 0.3 is 6.18 Å². The molecule has 1 nitrogen and oxygen atoms in total. The van der Waals surface area contributed by atoms with Crippen LogP contribution in [-0.4, -0.2) is 4.98 Å². The first-order chi connectivity index (χ1) is 6.73. The van der Waals surface area contributed by atoms with Crippen LogP contribution in [0, 0.1) is 0 Å². The summed E-state index contributed by atoms with van der Waals surface area (Å²) in [6.45, 7) is 0. The lowest BCUT2D eigenvalue weighted by Gasteiger charge is -2.11. The van der Waals surface area contributed by atoms with Crippen LogP contribution in [0.1, 0.15) is 17.7 Å². The molecule has 1 aromatic rings. The zero-order valence-corrected chi connectivity index (χ0v) is 9.09. The Balaban J connectivity index is 3.42. The summed E-state index contributed by atoms with van der Waals surface area (Å²) in [6.07, 6.45) is -7.94. The van der Waals surface area contributed by atoms with Crippen molar-refractivity contribution in [2.45, 2.75) is 12.6 Å². The first-order valence-electron chi connectivity index (χ1n) is 3.44. The number of pyridine rings is 1. The first-order valence-corrected chi connectivity index (χ1v) is 4.62. The van der Waals surface area contributed by atoms with Crippen LogP contribution in [0.2, 0.25) is 5.02 Å². The highest BCUT2D eigenvalue weighted by molar-refractivity contribution is 9.10. The average Bonchev–Trinajstić information content (AvgIpc) is 2.06. The van der Waals surface area contributed by atoms with Crippen LogP contribution in [0.15, 0.2) is 10.7 Å². The van der Waals surface area contributed by atoms with E-state index in [2.05, 4.69) is 20.9 Å². The molecule has 0 spiro atoms. The second-order valence-electron chi connectivity index (χ2n) is 2.49.